The molecule has 10 nitrogen and oxygen atoms in total. The van der Waals surface area contributed by atoms with E-state index < -0.39 is 47.5 Å². The zero-order chi connectivity index (χ0) is 33.5. The molecule has 0 saturated carbocycles. The maximum absolute atomic E-state index is 14.6. The highest BCUT2D eigenvalue weighted by Gasteiger charge is 2.42. The Labute approximate surface area is 254 Å². The molecule has 1 aliphatic rings. The minimum absolute atomic E-state index is 0.0433. The van der Waals surface area contributed by atoms with E-state index >= 15 is 0 Å². The average molecular weight is 642 g/mol. The third kappa shape index (κ3) is 8.36. The maximum Gasteiger partial charge on any atom is 0.573 e. The van der Waals surface area contributed by atoms with Crippen LogP contribution in [0.4, 0.5) is 27.6 Å². The van der Waals surface area contributed by atoms with Gasteiger partial charge >= 0.3 is 6.36 Å². The van der Waals surface area contributed by atoms with Gasteiger partial charge in [-0.2, -0.15) is 0 Å². The lowest BCUT2D eigenvalue weighted by Gasteiger charge is -2.26. The highest BCUT2D eigenvalue weighted by atomic mass is 19.4. The van der Waals surface area contributed by atoms with Gasteiger partial charge in [0.05, 0.1) is 26.4 Å². The molecule has 0 aliphatic carbocycles. The summed E-state index contributed by atoms with van der Waals surface area (Å²) >= 11 is 0. The van der Waals surface area contributed by atoms with Gasteiger partial charge in [-0.3, -0.25) is 14.4 Å². The second-order valence-electron chi connectivity index (χ2n) is 9.87. The van der Waals surface area contributed by atoms with Gasteiger partial charge in [-0.15, -0.1) is 13.2 Å². The van der Waals surface area contributed by atoms with Crippen LogP contribution in [0.3, 0.4) is 0 Å². The zero-order valence-corrected chi connectivity index (χ0v) is 24.7. The van der Waals surface area contributed by atoms with Crippen LogP contribution in [0.1, 0.15) is 41.2 Å². The summed E-state index contributed by atoms with van der Waals surface area (Å²) in [6.07, 6.45) is -3.36. The molecule has 1 aliphatic heterocycles. The summed E-state index contributed by atoms with van der Waals surface area (Å²) in [6.45, 7) is 1.42. The first-order chi connectivity index (χ1) is 21.3. The van der Waals surface area contributed by atoms with Crippen molar-refractivity contribution in [1.82, 2.24) is 9.88 Å². The molecule has 2 amide bonds. The average Bonchev–Trinajstić information content (AvgIpc) is 3.28. The van der Waals surface area contributed by atoms with Crippen molar-refractivity contribution in [3.8, 4) is 11.5 Å². The van der Waals surface area contributed by atoms with Gasteiger partial charge in [0.15, 0.2) is 0 Å². The van der Waals surface area contributed by atoms with Crippen LogP contribution in [0.5, 0.6) is 11.5 Å². The number of carbonyl (C=O) groups excluding carboxylic acids is 2. The fourth-order valence-electron chi connectivity index (χ4n) is 4.93. The fraction of sp³-hybridized carbons (Fsp3) is 0.367. The van der Waals surface area contributed by atoms with Crippen LogP contribution in [0.2, 0.25) is 0 Å². The Morgan fingerprint density at radius 3 is 2.20 bits per heavy atom. The Balaban J connectivity index is 0.000000309. The van der Waals surface area contributed by atoms with E-state index in [1.54, 1.807) is 13.0 Å². The normalized spacial score (nSPS) is 16.9. The summed E-state index contributed by atoms with van der Waals surface area (Å²) < 4.78 is 79.4. The summed E-state index contributed by atoms with van der Waals surface area (Å²) in [4.78, 5) is 38.1. The van der Waals surface area contributed by atoms with Gasteiger partial charge in [-0.05, 0) is 43.3 Å². The number of amides is 2. The van der Waals surface area contributed by atoms with E-state index in [9.17, 15) is 41.4 Å². The molecule has 15 heteroatoms. The van der Waals surface area contributed by atoms with Crippen molar-refractivity contribution in [3.05, 3.63) is 87.8 Å². The highest BCUT2D eigenvalue weighted by Crippen LogP contribution is 2.39. The van der Waals surface area contributed by atoms with Crippen LogP contribution >= 0.6 is 0 Å². The minimum Gasteiger partial charge on any atom is -0.497 e. The van der Waals surface area contributed by atoms with E-state index in [1.807, 2.05) is 0 Å². The fourth-order valence-corrected chi connectivity index (χ4v) is 4.93. The molecule has 1 fully saturated rings. The number of ether oxygens (including phenoxy) is 3. The van der Waals surface area contributed by atoms with Gasteiger partial charge in [0.2, 0.25) is 5.91 Å². The number of nitrogens with one attached hydrogen (secondary N) is 1. The van der Waals surface area contributed by atoms with E-state index in [-0.39, 0.29) is 53.9 Å². The molecule has 2 aromatic carbocycles. The van der Waals surface area contributed by atoms with Crippen LogP contribution in [0.15, 0.2) is 59.5 Å². The smallest absolute Gasteiger partial charge is 0.497 e. The third-order valence-electron chi connectivity index (χ3n) is 7.07. The number of benzene rings is 2. The molecule has 244 valence electrons. The van der Waals surface area contributed by atoms with E-state index in [2.05, 4.69) is 10.1 Å². The number of halogens is 5. The van der Waals surface area contributed by atoms with Gasteiger partial charge in [0, 0.05) is 62.0 Å². The van der Waals surface area contributed by atoms with Gasteiger partial charge in [0.1, 0.15) is 28.8 Å². The van der Waals surface area contributed by atoms with Crippen LogP contribution in [0.25, 0.3) is 0 Å². The molecule has 0 radical (unpaired) electrons. The summed E-state index contributed by atoms with van der Waals surface area (Å²) in [5, 5.41) is 11.9. The molecule has 0 bridgehead atoms. The Morgan fingerprint density at radius 1 is 1.07 bits per heavy atom. The Hall–Kier alpha value is -4.50. The number of aliphatic hydroxyl groups excluding tert-OH is 1. The summed E-state index contributed by atoms with van der Waals surface area (Å²) in [5.74, 6) is -3.47. The molecule has 3 atom stereocenters. The molecule has 4 rings (SSSR count). The summed E-state index contributed by atoms with van der Waals surface area (Å²) in [5.41, 5.74) is -0.346. The number of rotatable bonds is 9. The number of hydrogen-bond donors (Lipinski definition) is 2. The third-order valence-corrected chi connectivity index (χ3v) is 7.07. The summed E-state index contributed by atoms with van der Waals surface area (Å²) in [7, 11) is 4.19. The maximum atomic E-state index is 14.6. The lowest BCUT2D eigenvalue weighted by atomic mass is 9.91. The largest absolute Gasteiger partial charge is 0.573 e. The van der Waals surface area contributed by atoms with Crippen molar-refractivity contribution < 1.29 is 50.9 Å². The van der Waals surface area contributed by atoms with Crippen LogP contribution in [-0.4, -0.2) is 68.4 Å². The molecule has 1 aromatic heterocycles. The second kappa shape index (κ2) is 15.0. The molecule has 2 N–H and O–H groups in total. The predicted octanol–water partition coefficient (Wildman–Crippen LogP) is 4.17. The van der Waals surface area contributed by atoms with E-state index in [0.29, 0.717) is 0 Å². The number of aliphatic hydroxyl groups is 1. The number of aromatic nitrogens is 1. The molecule has 0 spiro atoms. The first-order valence-electron chi connectivity index (χ1n) is 13.5. The number of hydrogen-bond acceptors (Lipinski definition) is 7. The first kappa shape index (κ1) is 35.0. The molecular weight excluding hydrogens is 609 g/mol. The SMILES string of the molecule is CNC(=O)c1ccc(OC(F)(F)F)cc1.COCC(CO)n1cccc(N2C(=O)CC(c3c(F)cc(OC)cc3F)C2C)c1=O. The number of carbonyl (C=O) groups is 2. The van der Waals surface area contributed by atoms with E-state index in [1.165, 1.54) is 55.1 Å². The van der Waals surface area contributed by atoms with Crippen molar-refractivity contribution in [2.24, 2.45) is 0 Å². The van der Waals surface area contributed by atoms with Gasteiger partial charge < -0.3 is 34.1 Å². The number of alkyl halides is 3. The molecule has 2 heterocycles. The topological polar surface area (TPSA) is 119 Å². The predicted molar refractivity (Wildman–Crippen MR) is 152 cm³/mol. The number of nitrogens with zero attached hydrogens (tertiary/aromatic N) is 2. The van der Waals surface area contributed by atoms with Crippen LogP contribution in [-0.2, 0) is 9.53 Å². The van der Waals surface area contributed by atoms with Crippen molar-refractivity contribution in [3.63, 3.8) is 0 Å². The van der Waals surface area contributed by atoms with Crippen LogP contribution < -0.4 is 25.2 Å². The Morgan fingerprint density at radius 2 is 1.69 bits per heavy atom. The molecule has 1 saturated heterocycles. The monoisotopic (exact) mass is 641 g/mol. The second-order valence-corrected chi connectivity index (χ2v) is 9.87. The zero-order valence-electron chi connectivity index (χ0n) is 24.7. The van der Waals surface area contributed by atoms with Crippen molar-refractivity contribution in [2.75, 3.05) is 39.4 Å². The highest BCUT2D eigenvalue weighted by molar-refractivity contribution is 5.97. The minimum atomic E-state index is -4.71. The lowest BCUT2D eigenvalue weighted by Crippen LogP contribution is -2.39. The Bertz CT molecular complexity index is 1520. The number of methoxy groups -OCH3 is 2. The quantitative estimate of drug-likeness (QED) is 0.337. The Kier molecular flexibility index (Phi) is 11.7. The van der Waals surface area contributed by atoms with Crippen molar-refractivity contribution in [2.45, 2.75) is 37.7 Å². The molecular formula is C30H32F5N3O7. The van der Waals surface area contributed by atoms with Crippen molar-refractivity contribution >= 4 is 17.5 Å². The van der Waals surface area contributed by atoms with E-state index in [0.717, 1.165) is 24.3 Å². The number of pyridine rings is 1. The van der Waals surface area contributed by atoms with Gasteiger partial charge in [-0.1, -0.05) is 0 Å². The van der Waals surface area contributed by atoms with E-state index in [4.69, 9.17) is 9.47 Å². The molecule has 45 heavy (non-hydrogen) atoms. The first-order valence-corrected chi connectivity index (χ1v) is 13.5. The molecule has 3 unspecified atom stereocenters. The standard InChI is InChI=1S/C21H24F2N2O5.C9H8F3NO2/c1-12-15(20-16(22)7-14(30-3)8-17(20)23)9-19(27)25(12)18-5-4-6-24(21(18)28)13(10-26)11-29-2;1-13-8(14)6-2-4-7(5-3-6)15-9(10,11)12/h4-8,12-13,15,26H,9-11H2,1-3H3;2-5H,1H3,(H,13,14). The molecule has 3 aromatic rings. The van der Waals surface area contributed by atoms with Crippen molar-refractivity contribution in [1.29, 1.82) is 0 Å². The van der Waals surface area contributed by atoms with Crippen LogP contribution in [0, 0.1) is 11.6 Å². The van der Waals surface area contributed by atoms with Gasteiger partial charge in [0.25, 0.3) is 11.5 Å². The number of anilines is 1. The lowest BCUT2D eigenvalue weighted by molar-refractivity contribution is -0.274. The summed E-state index contributed by atoms with van der Waals surface area (Å²) in [6, 6.07) is 8.59. The van der Waals surface area contributed by atoms with Gasteiger partial charge in [-0.25, -0.2) is 8.78 Å².